The van der Waals surface area contributed by atoms with E-state index < -0.39 is 11.8 Å². The van der Waals surface area contributed by atoms with E-state index in [1.807, 2.05) is 24.6 Å². The highest BCUT2D eigenvalue weighted by Crippen LogP contribution is 2.21. The number of thiophene rings is 2. The molecule has 0 spiro atoms. The Morgan fingerprint density at radius 3 is 2.48 bits per heavy atom. The maximum atomic E-state index is 12.2. The smallest absolute Gasteiger partial charge is 0.309 e. The number of hydrogen-bond donors (Lipinski definition) is 2. The van der Waals surface area contributed by atoms with Gasteiger partial charge in [-0.3, -0.25) is 14.4 Å². The highest BCUT2D eigenvalue weighted by Gasteiger charge is 2.15. The predicted octanol–water partition coefficient (Wildman–Crippen LogP) is 2.43. The summed E-state index contributed by atoms with van der Waals surface area (Å²) < 4.78 is 0. The van der Waals surface area contributed by atoms with E-state index in [2.05, 4.69) is 10.6 Å². The van der Waals surface area contributed by atoms with E-state index in [9.17, 15) is 14.4 Å². The molecule has 2 aromatic rings. The summed E-state index contributed by atoms with van der Waals surface area (Å²) in [5.41, 5.74) is 0.667. The van der Waals surface area contributed by atoms with Crippen LogP contribution in [0.5, 0.6) is 0 Å². The van der Waals surface area contributed by atoms with Gasteiger partial charge >= 0.3 is 11.8 Å². The van der Waals surface area contributed by atoms with Gasteiger partial charge in [0.05, 0.1) is 11.4 Å². The molecule has 2 aromatic heterocycles. The highest BCUT2D eigenvalue weighted by molar-refractivity contribution is 7.14. The zero-order valence-electron chi connectivity index (χ0n) is 12.9. The summed E-state index contributed by atoms with van der Waals surface area (Å²) in [5.74, 6) is -1.03. The summed E-state index contributed by atoms with van der Waals surface area (Å²) in [6.07, 6.45) is 0. The second kappa shape index (κ2) is 8.03. The van der Waals surface area contributed by atoms with E-state index in [-0.39, 0.29) is 18.2 Å². The van der Waals surface area contributed by atoms with E-state index in [4.69, 9.17) is 0 Å². The Morgan fingerprint density at radius 1 is 1.09 bits per heavy atom. The maximum absolute atomic E-state index is 12.2. The minimum absolute atomic E-state index is 0.0245. The molecular weight excluding hydrogens is 332 g/mol. The zero-order valence-corrected chi connectivity index (χ0v) is 14.6. The Hall–Kier alpha value is -1.99. The molecule has 0 saturated heterocycles. The van der Waals surface area contributed by atoms with Crippen molar-refractivity contribution in [3.05, 3.63) is 44.3 Å². The van der Waals surface area contributed by atoms with Gasteiger partial charge in [-0.05, 0) is 29.5 Å². The number of carbonyl (C=O) groups excluding carboxylic acids is 3. The Kier molecular flexibility index (Phi) is 6.06. The minimum Gasteiger partial charge on any atom is -0.348 e. The van der Waals surface area contributed by atoms with E-state index in [0.29, 0.717) is 17.0 Å². The average molecular weight is 350 g/mol. The summed E-state index contributed by atoms with van der Waals surface area (Å²) in [6, 6.07) is 5.31. The molecule has 0 aromatic carbocycles. The van der Waals surface area contributed by atoms with Crippen molar-refractivity contribution in [2.24, 2.45) is 5.92 Å². The molecule has 0 aliphatic carbocycles. The van der Waals surface area contributed by atoms with E-state index in [0.717, 1.165) is 4.88 Å². The van der Waals surface area contributed by atoms with Crippen LogP contribution in [0.15, 0.2) is 29.0 Å². The minimum atomic E-state index is -0.662. The third-order valence-corrected chi connectivity index (χ3v) is 4.74. The summed E-state index contributed by atoms with van der Waals surface area (Å²) >= 11 is 2.80. The molecule has 0 unspecified atom stereocenters. The summed E-state index contributed by atoms with van der Waals surface area (Å²) in [7, 11) is 0. The lowest BCUT2D eigenvalue weighted by Gasteiger charge is -2.07. The first-order valence-electron chi connectivity index (χ1n) is 7.19. The monoisotopic (exact) mass is 350 g/mol. The molecule has 0 saturated carbocycles. The van der Waals surface area contributed by atoms with Crippen LogP contribution in [0.1, 0.15) is 34.0 Å². The molecule has 0 atom stereocenters. The van der Waals surface area contributed by atoms with E-state index in [1.165, 1.54) is 22.7 Å². The zero-order chi connectivity index (χ0) is 16.8. The van der Waals surface area contributed by atoms with Crippen molar-refractivity contribution >= 4 is 40.3 Å². The number of ketones is 1. The molecule has 0 aliphatic rings. The van der Waals surface area contributed by atoms with Crippen LogP contribution in [0.3, 0.4) is 0 Å². The standard InChI is InChI=1S/C16H18N2O3S2/c1-10(2)7-17-15(20)16(21)18-8-12-3-4-13(23-12)14(19)11-5-6-22-9-11/h3-6,9-10H,7-8H2,1-2H3,(H,17,20)(H,18,21). The van der Waals surface area contributed by atoms with Crippen LogP contribution >= 0.6 is 22.7 Å². The van der Waals surface area contributed by atoms with Gasteiger partial charge in [-0.25, -0.2) is 0 Å². The summed E-state index contributed by atoms with van der Waals surface area (Å²) in [6.45, 7) is 4.60. The van der Waals surface area contributed by atoms with Crippen molar-refractivity contribution in [3.63, 3.8) is 0 Å². The first-order chi connectivity index (χ1) is 11.0. The first kappa shape index (κ1) is 17.4. The molecule has 2 amide bonds. The largest absolute Gasteiger partial charge is 0.348 e. The summed E-state index contributed by atoms with van der Waals surface area (Å²) in [5, 5.41) is 8.79. The van der Waals surface area contributed by atoms with Crippen molar-refractivity contribution in [2.45, 2.75) is 20.4 Å². The van der Waals surface area contributed by atoms with Crippen LogP contribution in [0.4, 0.5) is 0 Å². The number of amides is 2. The second-order valence-corrected chi connectivity index (χ2v) is 7.34. The quantitative estimate of drug-likeness (QED) is 0.621. The van der Waals surface area contributed by atoms with Crippen LogP contribution in [0.25, 0.3) is 0 Å². The van der Waals surface area contributed by atoms with Crippen molar-refractivity contribution < 1.29 is 14.4 Å². The number of rotatable bonds is 6. The first-order valence-corrected chi connectivity index (χ1v) is 8.95. The Morgan fingerprint density at radius 2 is 1.83 bits per heavy atom. The Labute approximate surface area is 142 Å². The molecule has 2 heterocycles. The summed E-state index contributed by atoms with van der Waals surface area (Å²) in [4.78, 5) is 36.9. The SMILES string of the molecule is CC(C)CNC(=O)C(=O)NCc1ccc(C(=O)c2ccsc2)s1. The Bertz CT molecular complexity index is 690. The van der Waals surface area contributed by atoms with Crippen LogP contribution in [-0.2, 0) is 16.1 Å². The third kappa shape index (κ3) is 5.01. The van der Waals surface area contributed by atoms with Gasteiger partial charge in [0.1, 0.15) is 0 Å². The Balaban J connectivity index is 1.86. The number of carbonyl (C=O) groups is 3. The van der Waals surface area contributed by atoms with Gasteiger partial charge in [0.25, 0.3) is 0 Å². The molecule has 0 aliphatic heterocycles. The van der Waals surface area contributed by atoms with Crippen molar-refractivity contribution in [2.75, 3.05) is 6.54 Å². The highest BCUT2D eigenvalue weighted by atomic mass is 32.1. The second-order valence-electron chi connectivity index (χ2n) is 5.39. The molecule has 2 rings (SSSR count). The van der Waals surface area contributed by atoms with Crippen LogP contribution < -0.4 is 10.6 Å². The van der Waals surface area contributed by atoms with Gasteiger partial charge in [0.15, 0.2) is 0 Å². The fraction of sp³-hybridized carbons (Fsp3) is 0.312. The van der Waals surface area contributed by atoms with Gasteiger partial charge in [0.2, 0.25) is 5.78 Å². The van der Waals surface area contributed by atoms with Gasteiger partial charge in [-0.1, -0.05) is 13.8 Å². The molecule has 2 N–H and O–H groups in total. The topological polar surface area (TPSA) is 75.3 Å². The molecule has 0 fully saturated rings. The normalized spacial score (nSPS) is 10.6. The fourth-order valence-electron chi connectivity index (χ4n) is 1.76. The molecule has 7 heteroatoms. The molecule has 0 bridgehead atoms. The van der Waals surface area contributed by atoms with Crippen LogP contribution in [0, 0.1) is 5.92 Å². The predicted molar refractivity (Wildman–Crippen MR) is 91.8 cm³/mol. The van der Waals surface area contributed by atoms with E-state index >= 15 is 0 Å². The molecule has 0 radical (unpaired) electrons. The van der Waals surface area contributed by atoms with Gasteiger partial charge in [-0.2, -0.15) is 11.3 Å². The van der Waals surface area contributed by atoms with Gasteiger partial charge in [0, 0.05) is 22.4 Å². The molecule has 5 nitrogen and oxygen atoms in total. The lowest BCUT2D eigenvalue weighted by atomic mass is 10.2. The third-order valence-electron chi connectivity index (χ3n) is 2.97. The van der Waals surface area contributed by atoms with Crippen LogP contribution in [-0.4, -0.2) is 24.1 Å². The fourth-order valence-corrected chi connectivity index (χ4v) is 3.30. The number of nitrogens with one attached hydrogen (secondary N) is 2. The van der Waals surface area contributed by atoms with Crippen molar-refractivity contribution in [1.82, 2.24) is 10.6 Å². The number of hydrogen-bond acceptors (Lipinski definition) is 5. The average Bonchev–Trinajstić information content (AvgIpc) is 3.20. The maximum Gasteiger partial charge on any atom is 0.309 e. The van der Waals surface area contributed by atoms with E-state index in [1.54, 1.807) is 18.2 Å². The molecule has 23 heavy (non-hydrogen) atoms. The van der Waals surface area contributed by atoms with Crippen molar-refractivity contribution in [1.29, 1.82) is 0 Å². The van der Waals surface area contributed by atoms with Crippen LogP contribution in [0.2, 0.25) is 0 Å². The molecular formula is C16H18N2O3S2. The van der Waals surface area contributed by atoms with Gasteiger partial charge in [-0.15, -0.1) is 11.3 Å². The van der Waals surface area contributed by atoms with Gasteiger partial charge < -0.3 is 10.6 Å². The lowest BCUT2D eigenvalue weighted by Crippen LogP contribution is -2.40. The molecule has 122 valence electrons. The van der Waals surface area contributed by atoms with Crippen molar-refractivity contribution in [3.8, 4) is 0 Å². The lowest BCUT2D eigenvalue weighted by molar-refractivity contribution is -0.139.